The lowest BCUT2D eigenvalue weighted by Crippen LogP contribution is -2.17. The van der Waals surface area contributed by atoms with Crippen LogP contribution < -0.4 is 5.32 Å². The molecule has 0 fully saturated rings. The van der Waals surface area contributed by atoms with Crippen molar-refractivity contribution in [2.24, 2.45) is 0 Å². The second-order valence-corrected chi connectivity index (χ2v) is 4.65. The Labute approximate surface area is 112 Å². The summed E-state index contributed by atoms with van der Waals surface area (Å²) in [7, 11) is 0. The second kappa shape index (κ2) is 5.93. The van der Waals surface area contributed by atoms with Crippen LogP contribution in [0.4, 0.5) is 4.39 Å². The lowest BCUT2D eigenvalue weighted by molar-refractivity contribution is 0.606. The molecule has 0 unspecified atom stereocenters. The van der Waals surface area contributed by atoms with E-state index in [9.17, 15) is 4.39 Å². The Hall–Kier alpha value is -1.75. The summed E-state index contributed by atoms with van der Waals surface area (Å²) >= 11 is 0. The average Bonchev–Trinajstić information content (AvgIpc) is 2.69. The highest BCUT2D eigenvalue weighted by atomic mass is 19.1. The third kappa shape index (κ3) is 3.17. The van der Waals surface area contributed by atoms with Crippen molar-refractivity contribution in [2.45, 2.75) is 33.7 Å². The molecule has 0 saturated heterocycles. The molecule has 0 amide bonds. The van der Waals surface area contributed by atoms with Gasteiger partial charge in [-0.1, -0.05) is 6.92 Å². The summed E-state index contributed by atoms with van der Waals surface area (Å²) in [6.07, 6.45) is 2.27. The number of hydrogen-bond donors (Lipinski definition) is 1. The second-order valence-electron chi connectivity index (χ2n) is 4.65. The topological polar surface area (TPSA) is 42.7 Å². The van der Waals surface area contributed by atoms with Gasteiger partial charge in [0, 0.05) is 17.8 Å². The highest BCUT2D eigenvalue weighted by Crippen LogP contribution is 2.15. The largest absolute Gasteiger partial charge is 0.313 e. The summed E-state index contributed by atoms with van der Waals surface area (Å²) < 4.78 is 15.1. The molecule has 0 saturated carbocycles. The predicted octanol–water partition coefficient (Wildman–Crippen LogP) is 2.52. The fourth-order valence-electron chi connectivity index (χ4n) is 2.04. The molecule has 19 heavy (non-hydrogen) atoms. The maximum Gasteiger partial charge on any atom is 0.158 e. The molecule has 4 nitrogen and oxygen atoms in total. The van der Waals surface area contributed by atoms with Crippen LogP contribution in [-0.2, 0) is 6.54 Å². The van der Waals surface area contributed by atoms with Gasteiger partial charge in [0.25, 0.3) is 0 Å². The minimum absolute atomic E-state index is 0.321. The van der Waals surface area contributed by atoms with Crippen LogP contribution in [-0.4, -0.2) is 21.3 Å². The van der Waals surface area contributed by atoms with Crippen molar-refractivity contribution in [3.05, 3.63) is 41.1 Å². The van der Waals surface area contributed by atoms with Crippen LogP contribution in [0.25, 0.3) is 5.82 Å². The van der Waals surface area contributed by atoms with Crippen LogP contribution in [0, 0.1) is 19.7 Å². The Morgan fingerprint density at radius 2 is 2.11 bits per heavy atom. The maximum absolute atomic E-state index is 13.4. The first-order valence-electron chi connectivity index (χ1n) is 6.50. The van der Waals surface area contributed by atoms with E-state index in [0.29, 0.717) is 12.4 Å². The first-order chi connectivity index (χ1) is 9.11. The molecule has 2 heterocycles. The minimum atomic E-state index is -0.321. The van der Waals surface area contributed by atoms with Gasteiger partial charge in [0.05, 0.1) is 11.9 Å². The van der Waals surface area contributed by atoms with Crippen LogP contribution >= 0.6 is 0 Å². The molecular weight excluding hydrogens is 243 g/mol. The van der Waals surface area contributed by atoms with Crippen molar-refractivity contribution in [3.63, 3.8) is 0 Å². The van der Waals surface area contributed by atoms with Gasteiger partial charge in [-0.25, -0.2) is 14.1 Å². The van der Waals surface area contributed by atoms with E-state index in [1.54, 1.807) is 4.68 Å². The van der Waals surface area contributed by atoms with Gasteiger partial charge >= 0.3 is 0 Å². The Morgan fingerprint density at radius 1 is 1.32 bits per heavy atom. The van der Waals surface area contributed by atoms with Gasteiger partial charge in [0.2, 0.25) is 0 Å². The quantitative estimate of drug-likeness (QED) is 0.842. The smallest absolute Gasteiger partial charge is 0.158 e. The molecule has 5 heteroatoms. The van der Waals surface area contributed by atoms with E-state index < -0.39 is 0 Å². The SMILES string of the molecule is CCCNCc1cc(F)cnc1-n1nc(C)cc1C. The molecule has 102 valence electrons. The normalized spacial score (nSPS) is 10.9. The standard InChI is InChI=1S/C14H19FN4/c1-4-5-16-8-12-7-13(15)9-17-14(12)19-11(3)6-10(2)18-19/h6-7,9,16H,4-5,8H2,1-3H3. The number of hydrogen-bond acceptors (Lipinski definition) is 3. The molecule has 0 aromatic carbocycles. The Kier molecular flexibility index (Phi) is 4.27. The first-order valence-corrected chi connectivity index (χ1v) is 6.50. The summed E-state index contributed by atoms with van der Waals surface area (Å²) in [5, 5.41) is 7.67. The lowest BCUT2D eigenvalue weighted by Gasteiger charge is -2.11. The number of aromatic nitrogens is 3. The number of halogens is 1. The van der Waals surface area contributed by atoms with Crippen LogP contribution in [0.5, 0.6) is 0 Å². The molecule has 0 aliphatic heterocycles. The van der Waals surface area contributed by atoms with E-state index in [0.717, 1.165) is 29.9 Å². The van der Waals surface area contributed by atoms with Crippen molar-refractivity contribution in [1.29, 1.82) is 0 Å². The molecule has 2 aromatic heterocycles. The first kappa shape index (κ1) is 13.7. The van der Waals surface area contributed by atoms with E-state index in [-0.39, 0.29) is 5.82 Å². The maximum atomic E-state index is 13.4. The van der Waals surface area contributed by atoms with Gasteiger partial charge in [-0.3, -0.25) is 0 Å². The number of nitrogens with zero attached hydrogens (tertiary/aromatic N) is 3. The van der Waals surface area contributed by atoms with E-state index in [1.165, 1.54) is 12.3 Å². The zero-order valence-electron chi connectivity index (χ0n) is 11.6. The van der Waals surface area contributed by atoms with Crippen molar-refractivity contribution >= 4 is 0 Å². The Balaban J connectivity index is 2.36. The lowest BCUT2D eigenvalue weighted by atomic mass is 10.2. The molecule has 0 spiro atoms. The summed E-state index contributed by atoms with van der Waals surface area (Å²) in [5.74, 6) is 0.370. The van der Waals surface area contributed by atoms with Gasteiger partial charge in [0.15, 0.2) is 5.82 Å². The molecule has 2 aromatic rings. The Morgan fingerprint density at radius 3 is 2.74 bits per heavy atom. The van der Waals surface area contributed by atoms with Crippen molar-refractivity contribution < 1.29 is 4.39 Å². The summed E-state index contributed by atoms with van der Waals surface area (Å²) in [5.41, 5.74) is 2.74. The van der Waals surface area contributed by atoms with Gasteiger partial charge in [0.1, 0.15) is 5.82 Å². The molecule has 0 aliphatic rings. The van der Waals surface area contributed by atoms with E-state index in [2.05, 4.69) is 22.3 Å². The average molecular weight is 262 g/mol. The van der Waals surface area contributed by atoms with Gasteiger partial charge in [-0.05, 0) is 38.9 Å². The molecule has 0 bridgehead atoms. The Bertz CT molecular complexity index is 563. The summed E-state index contributed by atoms with van der Waals surface area (Å²) in [6.45, 7) is 7.48. The van der Waals surface area contributed by atoms with Crippen molar-refractivity contribution in [2.75, 3.05) is 6.54 Å². The van der Waals surface area contributed by atoms with Crippen LogP contribution in [0.2, 0.25) is 0 Å². The number of nitrogens with one attached hydrogen (secondary N) is 1. The van der Waals surface area contributed by atoms with Crippen molar-refractivity contribution in [1.82, 2.24) is 20.1 Å². The van der Waals surface area contributed by atoms with Crippen LogP contribution in [0.15, 0.2) is 18.3 Å². The number of rotatable bonds is 5. The highest BCUT2D eigenvalue weighted by molar-refractivity contribution is 5.35. The van der Waals surface area contributed by atoms with Gasteiger partial charge in [-0.2, -0.15) is 5.10 Å². The zero-order valence-corrected chi connectivity index (χ0v) is 11.6. The highest BCUT2D eigenvalue weighted by Gasteiger charge is 2.11. The number of pyridine rings is 1. The molecule has 1 N–H and O–H groups in total. The van der Waals surface area contributed by atoms with E-state index >= 15 is 0 Å². The minimum Gasteiger partial charge on any atom is -0.313 e. The van der Waals surface area contributed by atoms with Gasteiger partial charge in [-0.15, -0.1) is 0 Å². The third-order valence-corrected chi connectivity index (χ3v) is 2.86. The van der Waals surface area contributed by atoms with Crippen molar-refractivity contribution in [3.8, 4) is 5.82 Å². The van der Waals surface area contributed by atoms with E-state index in [1.807, 2.05) is 19.9 Å². The monoisotopic (exact) mass is 262 g/mol. The predicted molar refractivity (Wildman–Crippen MR) is 72.8 cm³/mol. The molecular formula is C14H19FN4. The fraction of sp³-hybridized carbons (Fsp3) is 0.429. The molecule has 2 rings (SSSR count). The molecule has 0 atom stereocenters. The molecule has 0 radical (unpaired) electrons. The summed E-state index contributed by atoms with van der Waals surface area (Å²) in [6, 6.07) is 3.50. The fourth-order valence-corrected chi connectivity index (χ4v) is 2.04. The van der Waals surface area contributed by atoms with E-state index in [4.69, 9.17) is 0 Å². The summed E-state index contributed by atoms with van der Waals surface area (Å²) in [4.78, 5) is 4.19. The number of aryl methyl sites for hydroxylation is 2. The van der Waals surface area contributed by atoms with Crippen LogP contribution in [0.1, 0.15) is 30.3 Å². The zero-order chi connectivity index (χ0) is 13.8. The third-order valence-electron chi connectivity index (χ3n) is 2.86. The van der Waals surface area contributed by atoms with Crippen LogP contribution in [0.3, 0.4) is 0 Å². The van der Waals surface area contributed by atoms with Gasteiger partial charge < -0.3 is 5.32 Å². The molecule has 0 aliphatic carbocycles.